The fourth-order valence-corrected chi connectivity index (χ4v) is 4.08. The van der Waals surface area contributed by atoms with Crippen molar-refractivity contribution >= 4 is 22.9 Å². The summed E-state index contributed by atoms with van der Waals surface area (Å²) < 4.78 is 8.70. The van der Waals surface area contributed by atoms with E-state index in [2.05, 4.69) is 0 Å². The monoisotopic (exact) mass is 421 g/mol. The Morgan fingerprint density at radius 3 is 2.23 bits per heavy atom. The maximum Gasteiger partial charge on any atom is 0.329 e. The van der Waals surface area contributed by atoms with E-state index < -0.39 is 0 Å². The lowest BCUT2D eigenvalue weighted by Crippen LogP contribution is -2.27. The van der Waals surface area contributed by atoms with E-state index in [9.17, 15) is 14.4 Å². The first-order valence-electron chi connectivity index (χ1n) is 10.8. The number of fused-ring (bicyclic) bond motifs is 1. The second kappa shape index (κ2) is 9.20. The molecule has 2 heterocycles. The number of hydrogen-bond donors (Lipinski definition) is 0. The summed E-state index contributed by atoms with van der Waals surface area (Å²) in [5.41, 5.74) is 3.05. The molecule has 0 saturated carbocycles. The number of esters is 1. The Kier molecular flexibility index (Phi) is 6.21. The van der Waals surface area contributed by atoms with Gasteiger partial charge in [0.15, 0.2) is 0 Å². The average Bonchev–Trinajstić information content (AvgIpc) is 3.42. The van der Waals surface area contributed by atoms with Crippen LogP contribution in [0.1, 0.15) is 42.1 Å². The van der Waals surface area contributed by atoms with E-state index in [1.165, 1.54) is 0 Å². The molecule has 0 aliphatic carbocycles. The molecule has 0 radical (unpaired) electrons. The van der Waals surface area contributed by atoms with Crippen LogP contribution in [0.2, 0.25) is 0 Å². The molecule has 2 aromatic carbocycles. The number of aryl methyl sites for hydroxylation is 2. The van der Waals surface area contributed by atoms with Crippen molar-refractivity contribution in [1.82, 2.24) is 14.0 Å². The highest BCUT2D eigenvalue weighted by Crippen LogP contribution is 2.15. The Bertz CT molecular complexity index is 1140. The van der Waals surface area contributed by atoms with Crippen molar-refractivity contribution in [3.8, 4) is 0 Å². The summed E-state index contributed by atoms with van der Waals surface area (Å²) in [5, 5.41) is 0. The molecule has 3 aromatic rings. The minimum Gasteiger partial charge on any atom is -0.461 e. The average molecular weight is 421 g/mol. The Morgan fingerprint density at radius 1 is 0.935 bits per heavy atom. The number of para-hydroxylation sites is 2. The molecule has 0 unspecified atom stereocenters. The van der Waals surface area contributed by atoms with Gasteiger partial charge in [-0.1, -0.05) is 24.3 Å². The zero-order valence-corrected chi connectivity index (χ0v) is 17.8. The first-order chi connectivity index (χ1) is 15.1. The van der Waals surface area contributed by atoms with E-state index in [0.717, 1.165) is 42.5 Å². The number of aromatic nitrogens is 2. The molecule has 0 spiro atoms. The molecule has 1 fully saturated rings. The molecule has 4 rings (SSSR count). The Labute approximate surface area is 180 Å². The molecule has 0 bridgehead atoms. The molecule has 1 aliphatic rings. The molecular formula is C24H27N3O4. The molecule has 1 saturated heterocycles. The number of rotatable bonds is 7. The topological polar surface area (TPSA) is 73.5 Å². The molecule has 1 aliphatic heterocycles. The highest BCUT2D eigenvalue weighted by molar-refractivity contribution is 5.94. The van der Waals surface area contributed by atoms with Crippen LogP contribution >= 0.6 is 0 Å². The Hall–Kier alpha value is -3.35. The number of nitrogens with zero attached hydrogens (tertiary/aromatic N) is 3. The second-order valence-corrected chi connectivity index (χ2v) is 7.77. The minimum atomic E-state index is -0.363. The van der Waals surface area contributed by atoms with Gasteiger partial charge in [0.2, 0.25) is 0 Å². The zero-order chi connectivity index (χ0) is 21.8. The standard InChI is InChI=1S/C24H27N3O4/c1-2-26-20-7-3-4-8-21(20)27(24(26)30)16-13-22(28)31-17-18-9-11-19(12-10-18)23(29)25-14-5-6-15-25/h3-4,7-12H,2,5-6,13-17H2,1H3. The number of benzene rings is 2. The number of carbonyl (C=O) groups is 2. The van der Waals surface area contributed by atoms with Crippen LogP contribution in [0.4, 0.5) is 0 Å². The van der Waals surface area contributed by atoms with E-state index in [-0.39, 0.29) is 37.1 Å². The van der Waals surface area contributed by atoms with E-state index in [4.69, 9.17) is 4.74 Å². The zero-order valence-electron chi connectivity index (χ0n) is 17.8. The number of likely N-dealkylation sites (tertiary alicyclic amines) is 1. The van der Waals surface area contributed by atoms with Gasteiger partial charge in [-0.3, -0.25) is 18.7 Å². The molecule has 0 N–H and O–H groups in total. The van der Waals surface area contributed by atoms with Crippen LogP contribution in [0.25, 0.3) is 11.0 Å². The quantitative estimate of drug-likeness (QED) is 0.549. The smallest absolute Gasteiger partial charge is 0.329 e. The number of amides is 1. The molecule has 0 atom stereocenters. The molecular weight excluding hydrogens is 394 g/mol. The first kappa shape index (κ1) is 20.9. The third-order valence-electron chi connectivity index (χ3n) is 5.77. The molecule has 31 heavy (non-hydrogen) atoms. The van der Waals surface area contributed by atoms with Gasteiger partial charge in [0.05, 0.1) is 17.5 Å². The van der Waals surface area contributed by atoms with Gasteiger partial charge >= 0.3 is 11.7 Å². The molecule has 7 nitrogen and oxygen atoms in total. The van der Waals surface area contributed by atoms with E-state index in [0.29, 0.717) is 12.1 Å². The van der Waals surface area contributed by atoms with Crippen molar-refractivity contribution in [2.45, 2.75) is 45.9 Å². The number of carbonyl (C=O) groups excluding carboxylic acids is 2. The van der Waals surface area contributed by atoms with Crippen LogP contribution in [0, 0.1) is 0 Å². The van der Waals surface area contributed by atoms with Crippen molar-refractivity contribution in [2.75, 3.05) is 13.1 Å². The highest BCUT2D eigenvalue weighted by Gasteiger charge is 2.19. The van der Waals surface area contributed by atoms with E-state index >= 15 is 0 Å². The van der Waals surface area contributed by atoms with Gasteiger partial charge < -0.3 is 9.64 Å². The predicted molar refractivity (Wildman–Crippen MR) is 118 cm³/mol. The molecule has 1 aromatic heterocycles. The summed E-state index contributed by atoms with van der Waals surface area (Å²) in [7, 11) is 0. The van der Waals surface area contributed by atoms with Crippen molar-refractivity contribution in [3.05, 3.63) is 70.1 Å². The Morgan fingerprint density at radius 2 is 1.58 bits per heavy atom. The first-order valence-corrected chi connectivity index (χ1v) is 10.8. The SMILES string of the molecule is CCn1c(=O)n(CCC(=O)OCc2ccc(C(=O)N3CCCC3)cc2)c2ccccc21. The summed E-state index contributed by atoms with van der Waals surface area (Å²) >= 11 is 0. The van der Waals surface area contributed by atoms with Crippen LogP contribution < -0.4 is 5.69 Å². The Balaban J connectivity index is 1.33. The van der Waals surface area contributed by atoms with Gasteiger partial charge in [-0.05, 0) is 49.6 Å². The number of hydrogen-bond acceptors (Lipinski definition) is 4. The van der Waals surface area contributed by atoms with Crippen molar-refractivity contribution in [2.24, 2.45) is 0 Å². The van der Waals surface area contributed by atoms with Gasteiger partial charge in [-0.2, -0.15) is 0 Å². The summed E-state index contributed by atoms with van der Waals surface area (Å²) in [4.78, 5) is 39.2. The summed E-state index contributed by atoms with van der Waals surface area (Å²) in [6.45, 7) is 4.55. The largest absolute Gasteiger partial charge is 0.461 e. The fraction of sp³-hybridized carbons (Fsp3) is 0.375. The molecule has 162 valence electrons. The van der Waals surface area contributed by atoms with Crippen molar-refractivity contribution < 1.29 is 14.3 Å². The van der Waals surface area contributed by atoms with Crippen molar-refractivity contribution in [1.29, 1.82) is 0 Å². The van der Waals surface area contributed by atoms with Crippen LogP contribution in [0.5, 0.6) is 0 Å². The van der Waals surface area contributed by atoms with E-state index in [1.807, 2.05) is 48.2 Å². The minimum absolute atomic E-state index is 0.0535. The van der Waals surface area contributed by atoms with Gasteiger partial charge in [-0.25, -0.2) is 4.79 Å². The lowest BCUT2D eigenvalue weighted by atomic mass is 10.1. The summed E-state index contributed by atoms with van der Waals surface area (Å²) in [6, 6.07) is 14.8. The highest BCUT2D eigenvalue weighted by atomic mass is 16.5. The van der Waals surface area contributed by atoms with Crippen molar-refractivity contribution in [3.63, 3.8) is 0 Å². The van der Waals surface area contributed by atoms with Gasteiger partial charge in [0.25, 0.3) is 5.91 Å². The molecule has 7 heteroatoms. The lowest BCUT2D eigenvalue weighted by molar-refractivity contribution is -0.145. The van der Waals surface area contributed by atoms with E-state index in [1.54, 1.807) is 21.3 Å². The third-order valence-corrected chi connectivity index (χ3v) is 5.77. The number of ether oxygens (including phenoxy) is 1. The lowest BCUT2D eigenvalue weighted by Gasteiger charge is -2.15. The predicted octanol–water partition coefficient (Wildman–Crippen LogP) is 3.19. The summed E-state index contributed by atoms with van der Waals surface area (Å²) in [5.74, 6) is -0.310. The summed E-state index contributed by atoms with van der Waals surface area (Å²) in [6.07, 6.45) is 2.24. The van der Waals surface area contributed by atoms with Gasteiger partial charge in [-0.15, -0.1) is 0 Å². The molecule has 1 amide bonds. The fourth-order valence-electron chi connectivity index (χ4n) is 4.08. The van der Waals surface area contributed by atoms with Gasteiger partial charge in [0, 0.05) is 31.7 Å². The van der Waals surface area contributed by atoms with Crippen LogP contribution in [0.15, 0.2) is 53.3 Å². The van der Waals surface area contributed by atoms with Crippen LogP contribution in [-0.4, -0.2) is 39.0 Å². The normalized spacial score (nSPS) is 13.6. The third kappa shape index (κ3) is 4.40. The van der Waals surface area contributed by atoms with Crippen LogP contribution in [-0.2, 0) is 29.2 Å². The maximum atomic E-state index is 12.6. The second-order valence-electron chi connectivity index (χ2n) is 7.77. The number of imidazole rings is 1. The maximum absolute atomic E-state index is 12.6. The van der Waals surface area contributed by atoms with Crippen LogP contribution in [0.3, 0.4) is 0 Å². The van der Waals surface area contributed by atoms with Gasteiger partial charge in [0.1, 0.15) is 6.61 Å².